The van der Waals surface area contributed by atoms with Gasteiger partial charge in [-0.1, -0.05) is 60.7 Å². The van der Waals surface area contributed by atoms with Crippen molar-refractivity contribution in [1.82, 2.24) is 0 Å². The van der Waals surface area contributed by atoms with Crippen LogP contribution in [0.3, 0.4) is 0 Å². The number of esters is 3. The van der Waals surface area contributed by atoms with E-state index >= 15 is 0 Å². The van der Waals surface area contributed by atoms with Gasteiger partial charge in [-0.2, -0.15) is 0 Å². The fourth-order valence-electron chi connectivity index (χ4n) is 3.79. The highest BCUT2D eigenvalue weighted by Gasteiger charge is 2.53. The molecule has 2 aromatic carbocycles. The van der Waals surface area contributed by atoms with Gasteiger partial charge in [-0.25, -0.2) is 4.79 Å². The lowest BCUT2D eigenvalue weighted by atomic mass is 9.78. The van der Waals surface area contributed by atoms with E-state index < -0.39 is 29.4 Å². The summed E-state index contributed by atoms with van der Waals surface area (Å²) < 4.78 is 16.1. The average Bonchev–Trinajstić information content (AvgIpc) is 3.02. The molecule has 0 saturated carbocycles. The van der Waals surface area contributed by atoms with E-state index in [1.54, 1.807) is 20.8 Å². The second-order valence-electron chi connectivity index (χ2n) is 6.78. The molecule has 0 N–H and O–H groups in total. The molecule has 0 aromatic heterocycles. The van der Waals surface area contributed by atoms with E-state index in [-0.39, 0.29) is 18.8 Å². The lowest BCUT2D eigenvalue weighted by molar-refractivity contribution is -0.162. The number of carbonyl (C=O) groups excluding carboxylic acids is 3. The molecule has 1 aliphatic rings. The Morgan fingerprint density at radius 2 is 1.30 bits per heavy atom. The summed E-state index contributed by atoms with van der Waals surface area (Å²) >= 11 is 0. The summed E-state index contributed by atoms with van der Waals surface area (Å²) in [5.41, 5.74) is 0.578. The first-order chi connectivity index (χ1) is 14.5. The second-order valence-corrected chi connectivity index (χ2v) is 6.78. The van der Waals surface area contributed by atoms with E-state index in [4.69, 9.17) is 14.2 Å². The summed E-state index contributed by atoms with van der Waals surface area (Å²) in [5, 5.41) is 0. The van der Waals surface area contributed by atoms with E-state index in [0.717, 1.165) is 0 Å². The molecule has 30 heavy (non-hydrogen) atoms. The van der Waals surface area contributed by atoms with Crippen LogP contribution < -0.4 is 0 Å². The second kappa shape index (κ2) is 8.95. The maximum Gasteiger partial charge on any atom is 0.337 e. The first kappa shape index (κ1) is 21.3. The maximum atomic E-state index is 13.1. The van der Waals surface area contributed by atoms with Gasteiger partial charge in [0, 0.05) is 11.1 Å². The highest BCUT2D eigenvalue weighted by molar-refractivity contribution is 6.09. The van der Waals surface area contributed by atoms with Crippen LogP contribution >= 0.6 is 0 Å². The van der Waals surface area contributed by atoms with Crippen LogP contribution in [0.5, 0.6) is 0 Å². The van der Waals surface area contributed by atoms with E-state index in [9.17, 15) is 14.4 Å². The number of carbonyl (C=O) groups is 3. The topological polar surface area (TPSA) is 78.9 Å². The molecule has 0 amide bonds. The number of hydrogen-bond acceptors (Lipinski definition) is 6. The number of rotatable bonds is 7. The summed E-state index contributed by atoms with van der Waals surface area (Å²) in [7, 11) is 0. The Balaban J connectivity index is 2.25. The molecule has 6 heteroatoms. The zero-order valence-corrected chi connectivity index (χ0v) is 17.2. The van der Waals surface area contributed by atoms with Crippen molar-refractivity contribution >= 4 is 17.9 Å². The van der Waals surface area contributed by atoms with Gasteiger partial charge in [0.05, 0.1) is 18.8 Å². The first-order valence-corrected chi connectivity index (χ1v) is 9.86. The van der Waals surface area contributed by atoms with Crippen molar-refractivity contribution in [3.63, 3.8) is 0 Å². The Hall–Kier alpha value is -3.41. The van der Waals surface area contributed by atoms with Crippen molar-refractivity contribution in [2.45, 2.75) is 26.4 Å². The summed E-state index contributed by atoms with van der Waals surface area (Å²) in [6.07, 6.45) is 0. The van der Waals surface area contributed by atoms with Gasteiger partial charge in [-0.3, -0.25) is 9.59 Å². The SMILES string of the molecule is CCOC(=O)C(C(=O)OCC)C1=C(C)C(c2ccccc2)(c2ccccc2)OC1=O. The molecule has 0 aliphatic carbocycles. The molecule has 0 saturated heterocycles. The summed E-state index contributed by atoms with van der Waals surface area (Å²) in [6.45, 7) is 5.10. The van der Waals surface area contributed by atoms with Gasteiger partial charge in [0.15, 0.2) is 11.5 Å². The number of cyclic esters (lactones) is 1. The fourth-order valence-corrected chi connectivity index (χ4v) is 3.79. The van der Waals surface area contributed by atoms with E-state index in [1.807, 2.05) is 60.7 Å². The molecule has 0 unspecified atom stereocenters. The Labute approximate surface area is 175 Å². The smallest absolute Gasteiger partial charge is 0.337 e. The minimum atomic E-state index is -1.51. The van der Waals surface area contributed by atoms with E-state index in [1.165, 1.54) is 0 Å². The third-order valence-corrected chi connectivity index (χ3v) is 5.09. The molecule has 0 spiro atoms. The van der Waals surface area contributed by atoms with Gasteiger partial charge in [0.1, 0.15) is 0 Å². The summed E-state index contributed by atoms with van der Waals surface area (Å²) in [6, 6.07) is 18.5. The summed E-state index contributed by atoms with van der Waals surface area (Å²) in [4.78, 5) is 38.4. The Morgan fingerprint density at radius 1 is 0.867 bits per heavy atom. The van der Waals surface area contributed by atoms with Crippen LogP contribution in [0.4, 0.5) is 0 Å². The van der Waals surface area contributed by atoms with Crippen LogP contribution in [0.1, 0.15) is 31.9 Å². The van der Waals surface area contributed by atoms with Crippen LogP contribution in [0.2, 0.25) is 0 Å². The van der Waals surface area contributed by atoms with E-state index in [0.29, 0.717) is 16.7 Å². The Bertz CT molecular complexity index is 904. The van der Waals surface area contributed by atoms with Crippen LogP contribution in [0.15, 0.2) is 71.8 Å². The van der Waals surface area contributed by atoms with Gasteiger partial charge in [0.2, 0.25) is 0 Å². The quantitative estimate of drug-likeness (QED) is 0.396. The largest absolute Gasteiger partial charge is 0.465 e. The first-order valence-electron chi connectivity index (χ1n) is 9.86. The molecule has 1 aliphatic heterocycles. The maximum absolute atomic E-state index is 13.1. The van der Waals surface area contributed by atoms with Crippen molar-refractivity contribution < 1.29 is 28.6 Å². The molecule has 1 heterocycles. The fraction of sp³-hybridized carbons (Fsp3) is 0.292. The molecule has 0 fully saturated rings. The highest BCUT2D eigenvalue weighted by atomic mass is 16.6. The van der Waals surface area contributed by atoms with Gasteiger partial charge in [-0.05, 0) is 26.3 Å². The van der Waals surface area contributed by atoms with Crippen molar-refractivity contribution in [2.75, 3.05) is 13.2 Å². The van der Waals surface area contributed by atoms with Gasteiger partial charge in [0.25, 0.3) is 0 Å². The van der Waals surface area contributed by atoms with Gasteiger partial charge < -0.3 is 14.2 Å². The summed E-state index contributed by atoms with van der Waals surface area (Å²) in [5.74, 6) is -3.92. The standard InChI is InChI=1S/C24H24O6/c1-4-28-21(25)20(22(26)29-5-2)19-16(3)24(30-23(19)27,17-12-8-6-9-13-17)18-14-10-7-11-15-18/h6-15,20H,4-5H2,1-3H3. The lowest BCUT2D eigenvalue weighted by Crippen LogP contribution is -2.32. The predicted octanol–water partition coefficient (Wildman–Crippen LogP) is 3.55. The minimum Gasteiger partial charge on any atom is -0.465 e. The third-order valence-electron chi connectivity index (χ3n) is 5.09. The van der Waals surface area contributed by atoms with E-state index in [2.05, 4.69) is 0 Å². The van der Waals surface area contributed by atoms with Crippen LogP contribution in [0, 0.1) is 5.92 Å². The molecule has 2 aromatic rings. The van der Waals surface area contributed by atoms with Crippen molar-refractivity contribution in [2.24, 2.45) is 5.92 Å². The molecule has 0 bridgehead atoms. The van der Waals surface area contributed by atoms with Gasteiger partial charge in [-0.15, -0.1) is 0 Å². The van der Waals surface area contributed by atoms with Crippen LogP contribution in [-0.4, -0.2) is 31.1 Å². The van der Waals surface area contributed by atoms with Crippen molar-refractivity contribution in [1.29, 1.82) is 0 Å². The highest BCUT2D eigenvalue weighted by Crippen LogP contribution is 2.48. The third kappa shape index (κ3) is 3.61. The van der Waals surface area contributed by atoms with Gasteiger partial charge >= 0.3 is 17.9 Å². The number of benzene rings is 2. The predicted molar refractivity (Wildman–Crippen MR) is 109 cm³/mol. The van der Waals surface area contributed by atoms with Crippen molar-refractivity contribution in [3.05, 3.63) is 82.9 Å². The Morgan fingerprint density at radius 3 is 1.70 bits per heavy atom. The molecular weight excluding hydrogens is 384 g/mol. The molecule has 0 atom stereocenters. The van der Waals surface area contributed by atoms with Crippen LogP contribution in [0.25, 0.3) is 0 Å². The zero-order valence-electron chi connectivity index (χ0n) is 17.2. The normalized spacial score (nSPS) is 15.1. The number of ether oxygens (including phenoxy) is 3. The number of hydrogen-bond donors (Lipinski definition) is 0. The molecule has 0 radical (unpaired) electrons. The van der Waals surface area contributed by atoms with Crippen LogP contribution in [-0.2, 0) is 34.2 Å². The molecule has 3 rings (SSSR count). The molecule has 6 nitrogen and oxygen atoms in total. The minimum absolute atomic E-state index is 0.0420. The molecule has 156 valence electrons. The zero-order chi connectivity index (χ0) is 21.7. The van der Waals surface area contributed by atoms with Crippen molar-refractivity contribution in [3.8, 4) is 0 Å². The lowest BCUT2D eigenvalue weighted by Gasteiger charge is -2.31. The molecular formula is C24H24O6. The average molecular weight is 408 g/mol. The monoisotopic (exact) mass is 408 g/mol. The Kier molecular flexibility index (Phi) is 6.35.